The highest BCUT2D eigenvalue weighted by atomic mass is 28.3. The Morgan fingerprint density at radius 2 is 1.71 bits per heavy atom. The summed E-state index contributed by atoms with van der Waals surface area (Å²) in [7, 11) is 1.30. The Bertz CT molecular complexity index is 367. The molecule has 0 rings (SSSR count). The van der Waals surface area contributed by atoms with Crippen molar-refractivity contribution in [2.24, 2.45) is 0 Å². The summed E-state index contributed by atoms with van der Waals surface area (Å²) in [6, 6.07) is 0. The second-order valence-corrected chi connectivity index (χ2v) is 12.2. The van der Waals surface area contributed by atoms with Crippen LogP contribution in [0, 0.1) is 0 Å². The topological polar surface area (TPSA) is 44.8 Å². The van der Waals surface area contributed by atoms with Crippen LogP contribution in [-0.2, 0) is 19.0 Å². The number of hydrogen-bond donors (Lipinski definition) is 0. The smallest absolute Gasteiger partial charge is 0.332 e. The summed E-state index contributed by atoms with van der Waals surface area (Å²) in [5, 5.41) is 1.47. The van der Waals surface area contributed by atoms with Gasteiger partial charge in [-0.3, -0.25) is 0 Å². The third-order valence-electron chi connectivity index (χ3n) is 4.49. The van der Waals surface area contributed by atoms with Crippen LogP contribution in [0.3, 0.4) is 0 Å². The van der Waals surface area contributed by atoms with Gasteiger partial charge in [0.25, 0.3) is 0 Å². The molecule has 0 aliphatic carbocycles. The van der Waals surface area contributed by atoms with Crippen LogP contribution in [0.1, 0.15) is 40.5 Å². The molecule has 0 heterocycles. The zero-order chi connectivity index (χ0) is 16.7. The van der Waals surface area contributed by atoms with Gasteiger partial charge in [0.05, 0.1) is 15.2 Å². The van der Waals surface area contributed by atoms with Crippen LogP contribution < -0.4 is 0 Å². The summed E-state index contributed by atoms with van der Waals surface area (Å²) in [6.45, 7) is 14.3. The van der Waals surface area contributed by atoms with Crippen LogP contribution in [0.15, 0.2) is 10.8 Å². The molecule has 0 spiro atoms. The van der Waals surface area contributed by atoms with E-state index in [2.05, 4.69) is 33.9 Å². The lowest BCUT2D eigenvalue weighted by molar-refractivity contribution is -0.136. The lowest BCUT2D eigenvalue weighted by atomic mass is 10.2. The van der Waals surface area contributed by atoms with Crippen LogP contribution in [0.5, 0.6) is 0 Å². The highest BCUT2D eigenvalue weighted by Crippen LogP contribution is 2.43. The van der Waals surface area contributed by atoms with Crippen LogP contribution in [0.4, 0.5) is 0 Å². The second kappa shape index (κ2) is 8.71. The lowest BCUT2D eigenvalue weighted by Gasteiger charge is -2.40. The van der Waals surface area contributed by atoms with Crippen LogP contribution in [0.25, 0.3) is 0 Å². The van der Waals surface area contributed by atoms with Gasteiger partial charge >= 0.3 is 5.97 Å². The van der Waals surface area contributed by atoms with Crippen molar-refractivity contribution in [1.82, 2.24) is 0 Å². The first-order valence-electron chi connectivity index (χ1n) is 7.44. The monoisotopic (exact) mass is 316 g/mol. The first kappa shape index (κ1) is 20.3. The number of ether oxygens (including phenoxy) is 3. The molecule has 21 heavy (non-hydrogen) atoms. The second-order valence-electron chi connectivity index (χ2n) is 6.89. The van der Waals surface area contributed by atoms with Crippen molar-refractivity contribution in [2.45, 2.75) is 58.7 Å². The van der Waals surface area contributed by atoms with Gasteiger partial charge in [0.1, 0.15) is 6.79 Å². The summed E-state index contributed by atoms with van der Waals surface area (Å²) >= 11 is 0. The molecule has 0 radical (unpaired) electrons. The molecule has 0 fully saturated rings. The van der Waals surface area contributed by atoms with E-state index in [0.29, 0.717) is 13.4 Å². The Hall–Kier alpha value is -0.653. The van der Waals surface area contributed by atoms with Gasteiger partial charge in [0, 0.05) is 19.3 Å². The molecule has 5 heteroatoms. The molecular formula is C16H32O4Si. The van der Waals surface area contributed by atoms with E-state index in [1.54, 1.807) is 7.11 Å². The quantitative estimate of drug-likeness (QED) is 0.224. The van der Waals surface area contributed by atoms with E-state index in [9.17, 15) is 4.79 Å². The fraction of sp³-hybridized carbons (Fsp3) is 0.812. The summed E-state index contributed by atoms with van der Waals surface area (Å²) in [5.74, 6) is -0.215. The molecule has 0 unspecified atom stereocenters. The third-order valence-corrected chi connectivity index (χ3v) is 10.4. The van der Waals surface area contributed by atoms with Gasteiger partial charge in [-0.15, -0.1) is 0 Å². The normalized spacial score (nSPS) is 13.9. The largest absolute Gasteiger partial charge is 0.466 e. The van der Waals surface area contributed by atoms with Crippen LogP contribution >= 0.6 is 0 Å². The Morgan fingerprint density at radius 3 is 2.14 bits per heavy atom. The molecule has 0 aromatic carbocycles. The molecule has 0 aliphatic rings. The van der Waals surface area contributed by atoms with E-state index in [1.165, 1.54) is 12.3 Å². The minimum absolute atomic E-state index is 0.186. The van der Waals surface area contributed by atoms with Crippen LogP contribution in [0.2, 0.25) is 18.1 Å². The summed E-state index contributed by atoms with van der Waals surface area (Å²) in [4.78, 5) is 12.0. The predicted octanol–water partition coefficient (Wildman–Crippen LogP) is 3.92. The fourth-order valence-corrected chi connectivity index (χ4v) is 4.94. The van der Waals surface area contributed by atoms with Crippen molar-refractivity contribution in [3.05, 3.63) is 10.8 Å². The molecule has 124 valence electrons. The van der Waals surface area contributed by atoms with Crippen molar-refractivity contribution in [3.8, 4) is 0 Å². The fourth-order valence-electron chi connectivity index (χ4n) is 2.19. The highest BCUT2D eigenvalue weighted by molar-refractivity contribution is 6.87. The molecule has 0 aromatic heterocycles. The molecule has 0 N–H and O–H groups in total. The minimum Gasteiger partial charge on any atom is -0.466 e. The molecule has 0 bridgehead atoms. The van der Waals surface area contributed by atoms with Gasteiger partial charge in [-0.2, -0.15) is 0 Å². The first-order chi connectivity index (χ1) is 9.59. The third kappa shape index (κ3) is 5.92. The van der Waals surface area contributed by atoms with Crippen molar-refractivity contribution in [2.75, 3.05) is 27.6 Å². The number of rotatable bonds is 8. The molecular weight excluding hydrogens is 284 g/mol. The van der Waals surface area contributed by atoms with E-state index >= 15 is 0 Å². The van der Waals surface area contributed by atoms with E-state index in [4.69, 9.17) is 14.2 Å². The zero-order valence-electron chi connectivity index (χ0n) is 15.0. The van der Waals surface area contributed by atoms with Crippen LogP contribution in [-0.4, -0.2) is 41.7 Å². The average Bonchev–Trinajstić information content (AvgIpc) is 2.39. The van der Waals surface area contributed by atoms with Crippen molar-refractivity contribution >= 4 is 14.0 Å². The van der Waals surface area contributed by atoms with Gasteiger partial charge in [0.15, 0.2) is 0 Å². The van der Waals surface area contributed by atoms with Gasteiger partial charge in [0.2, 0.25) is 0 Å². The van der Waals surface area contributed by atoms with Gasteiger partial charge in [-0.25, -0.2) is 4.79 Å². The molecule has 0 saturated heterocycles. The highest BCUT2D eigenvalue weighted by Gasteiger charge is 2.39. The maximum Gasteiger partial charge on any atom is 0.332 e. The summed E-state index contributed by atoms with van der Waals surface area (Å²) in [6.07, 6.45) is 1.76. The number of carbonyl (C=O) groups is 1. The molecule has 0 aromatic rings. The zero-order valence-corrected chi connectivity index (χ0v) is 16.0. The number of carbonyl (C=O) groups excluding carboxylic acids is 1. The van der Waals surface area contributed by atoms with E-state index in [-0.39, 0.29) is 11.0 Å². The van der Waals surface area contributed by atoms with Gasteiger partial charge < -0.3 is 14.2 Å². The number of methoxy groups -OCH3 is 2. The van der Waals surface area contributed by atoms with Gasteiger partial charge in [-0.1, -0.05) is 39.1 Å². The number of allylic oxidation sites excluding steroid dienone is 1. The molecule has 0 aliphatic heterocycles. The first-order valence-corrected chi connectivity index (χ1v) is 10.4. The van der Waals surface area contributed by atoms with Crippen molar-refractivity contribution in [3.63, 3.8) is 0 Å². The SMILES string of the molecule is COCOCCC/C(=C(\C)C(=O)OC)[Si](C)(C)C(C)(C)C. The Balaban J connectivity index is 5.18. The Kier molecular flexibility index (Phi) is 8.44. The van der Waals surface area contributed by atoms with Crippen molar-refractivity contribution < 1.29 is 19.0 Å². The molecule has 4 nitrogen and oxygen atoms in total. The maximum absolute atomic E-state index is 12.0. The van der Waals surface area contributed by atoms with E-state index in [0.717, 1.165) is 18.4 Å². The Labute approximate surface area is 130 Å². The standard InChI is InChI=1S/C16H32O4Si/c1-13(15(17)19-6)14(10-9-11-20-12-18-5)21(7,8)16(2,3)4/h9-12H2,1-8H3/b14-13-. The van der Waals surface area contributed by atoms with E-state index < -0.39 is 8.07 Å². The molecule has 0 atom stereocenters. The molecule has 0 saturated carbocycles. The minimum atomic E-state index is -1.75. The summed E-state index contributed by atoms with van der Waals surface area (Å²) < 4.78 is 15.1. The number of hydrogen-bond acceptors (Lipinski definition) is 4. The Morgan fingerprint density at radius 1 is 1.14 bits per heavy atom. The van der Waals surface area contributed by atoms with Gasteiger partial charge in [-0.05, 0) is 24.8 Å². The number of esters is 1. The predicted molar refractivity (Wildman–Crippen MR) is 89.0 cm³/mol. The average molecular weight is 317 g/mol. The van der Waals surface area contributed by atoms with Crippen molar-refractivity contribution in [1.29, 1.82) is 0 Å². The summed E-state index contributed by atoms with van der Waals surface area (Å²) in [5.41, 5.74) is 0.774. The van der Waals surface area contributed by atoms with E-state index in [1.807, 2.05) is 6.92 Å². The maximum atomic E-state index is 12.0. The lowest BCUT2D eigenvalue weighted by Crippen LogP contribution is -2.41. The molecule has 0 amide bonds.